The lowest BCUT2D eigenvalue weighted by atomic mass is 10.2. The average molecular weight is 428 g/mol. The summed E-state index contributed by atoms with van der Waals surface area (Å²) in [5.74, 6) is -0.333. The van der Waals surface area contributed by atoms with Crippen molar-refractivity contribution in [1.82, 2.24) is 14.1 Å². The highest BCUT2D eigenvalue weighted by Crippen LogP contribution is 2.22. The molecule has 9 nitrogen and oxygen atoms in total. The van der Waals surface area contributed by atoms with E-state index in [1.165, 1.54) is 16.6 Å². The quantitative estimate of drug-likeness (QED) is 0.541. The number of benzene rings is 1. The normalized spacial score (nSPS) is 11.2. The number of amides is 1. The first kappa shape index (κ1) is 22.4. The third kappa shape index (κ3) is 4.56. The van der Waals surface area contributed by atoms with E-state index >= 15 is 0 Å². The maximum Gasteiger partial charge on any atom is 0.330 e. The highest BCUT2D eigenvalue weighted by Gasteiger charge is 2.25. The van der Waals surface area contributed by atoms with Crippen LogP contribution in [0.5, 0.6) is 0 Å². The monoisotopic (exact) mass is 427 g/mol. The van der Waals surface area contributed by atoms with Gasteiger partial charge in [0.2, 0.25) is 5.91 Å². The van der Waals surface area contributed by atoms with Crippen LogP contribution in [0.2, 0.25) is 0 Å². The van der Waals surface area contributed by atoms with E-state index in [0.717, 1.165) is 29.4 Å². The molecular weight excluding hydrogens is 398 g/mol. The van der Waals surface area contributed by atoms with Gasteiger partial charge in [-0.05, 0) is 30.9 Å². The molecule has 2 heterocycles. The molecule has 31 heavy (non-hydrogen) atoms. The molecule has 2 aromatic heterocycles. The number of aromatic nitrogens is 3. The van der Waals surface area contributed by atoms with Gasteiger partial charge in [-0.25, -0.2) is 4.79 Å². The fraction of sp³-hybridized carbons (Fsp3) is 0.409. The van der Waals surface area contributed by atoms with Crippen LogP contribution in [0.3, 0.4) is 0 Å². The summed E-state index contributed by atoms with van der Waals surface area (Å²) in [7, 11) is 1.52. The Morgan fingerprint density at radius 2 is 1.97 bits per heavy atom. The van der Waals surface area contributed by atoms with Crippen molar-refractivity contribution < 1.29 is 9.53 Å². The number of hydrogen-bond donors (Lipinski definition) is 2. The van der Waals surface area contributed by atoms with Crippen LogP contribution in [0.4, 0.5) is 11.5 Å². The molecule has 0 bridgehead atoms. The molecular formula is C22H29N5O4. The predicted molar refractivity (Wildman–Crippen MR) is 122 cm³/mol. The summed E-state index contributed by atoms with van der Waals surface area (Å²) in [5.41, 5.74) is 6.80. The zero-order chi connectivity index (χ0) is 22.5. The van der Waals surface area contributed by atoms with Crippen molar-refractivity contribution in [3.05, 3.63) is 56.9 Å². The maximum absolute atomic E-state index is 13.4. The first-order valence-electron chi connectivity index (χ1n) is 10.4. The van der Waals surface area contributed by atoms with Gasteiger partial charge in [0.1, 0.15) is 12.4 Å². The van der Waals surface area contributed by atoms with Gasteiger partial charge in [0.05, 0.1) is 6.61 Å². The number of anilines is 2. The summed E-state index contributed by atoms with van der Waals surface area (Å²) in [5, 5.41) is 1.03. The van der Waals surface area contributed by atoms with E-state index in [4.69, 9.17) is 10.5 Å². The van der Waals surface area contributed by atoms with Crippen molar-refractivity contribution in [2.24, 2.45) is 0 Å². The molecule has 0 radical (unpaired) electrons. The fourth-order valence-electron chi connectivity index (χ4n) is 3.70. The molecule has 0 aliphatic heterocycles. The summed E-state index contributed by atoms with van der Waals surface area (Å²) in [6.45, 7) is 4.65. The number of aromatic amines is 1. The highest BCUT2D eigenvalue weighted by atomic mass is 16.5. The number of ether oxygens (including phenoxy) is 1. The van der Waals surface area contributed by atoms with Crippen LogP contribution in [0.1, 0.15) is 25.5 Å². The smallest absolute Gasteiger partial charge is 0.330 e. The first-order chi connectivity index (χ1) is 14.9. The molecule has 0 atom stereocenters. The highest BCUT2D eigenvalue weighted by molar-refractivity contribution is 5.96. The number of nitrogen functional groups attached to an aromatic ring is 1. The van der Waals surface area contributed by atoms with Crippen LogP contribution in [-0.4, -0.2) is 40.3 Å². The van der Waals surface area contributed by atoms with Gasteiger partial charge in [-0.15, -0.1) is 0 Å². The number of carbonyl (C=O) groups is 1. The first-order valence-corrected chi connectivity index (χ1v) is 10.4. The Morgan fingerprint density at radius 3 is 2.68 bits per heavy atom. The van der Waals surface area contributed by atoms with Gasteiger partial charge in [0, 0.05) is 31.4 Å². The van der Waals surface area contributed by atoms with Crippen molar-refractivity contribution in [2.45, 2.75) is 39.8 Å². The Kier molecular flexibility index (Phi) is 6.96. The summed E-state index contributed by atoms with van der Waals surface area (Å²) in [4.78, 5) is 41.9. The number of para-hydroxylation sites is 1. The summed E-state index contributed by atoms with van der Waals surface area (Å²) in [6, 6.07) is 9.80. The molecule has 1 amide bonds. The maximum atomic E-state index is 13.4. The summed E-state index contributed by atoms with van der Waals surface area (Å²) < 4.78 is 8.36. The lowest BCUT2D eigenvalue weighted by Crippen LogP contribution is -2.43. The third-order valence-corrected chi connectivity index (χ3v) is 5.35. The standard InChI is InChI=1S/C22H29N5O4/c1-4-5-10-26-20(23)19(21(29)24-22(26)30)25(11-12-31-3)18(28)14-27-15(2)13-16-8-6-7-9-17(16)27/h6-9,13H,4-5,10-12,14,23H2,1-3H3,(H,24,29,30). The van der Waals surface area contributed by atoms with E-state index in [0.29, 0.717) is 6.54 Å². The Labute approximate surface area is 180 Å². The SMILES string of the molecule is CCCCn1c(N)c(N(CCOC)C(=O)Cn2c(C)cc3ccccc32)c(=O)[nH]c1=O. The summed E-state index contributed by atoms with van der Waals surface area (Å²) >= 11 is 0. The van der Waals surface area contributed by atoms with E-state index in [1.54, 1.807) is 0 Å². The van der Waals surface area contributed by atoms with Gasteiger partial charge in [-0.3, -0.25) is 19.1 Å². The average Bonchev–Trinajstić information content (AvgIpc) is 3.05. The van der Waals surface area contributed by atoms with E-state index in [-0.39, 0.29) is 37.1 Å². The number of hydrogen-bond acceptors (Lipinski definition) is 5. The number of unbranched alkanes of at least 4 members (excludes halogenated alkanes) is 1. The minimum Gasteiger partial charge on any atom is -0.383 e. The number of nitrogens with one attached hydrogen (secondary N) is 1. The number of aryl methyl sites for hydroxylation is 1. The van der Waals surface area contributed by atoms with Gasteiger partial charge in [0.25, 0.3) is 5.56 Å². The molecule has 0 aliphatic rings. The molecule has 0 saturated carbocycles. The zero-order valence-corrected chi connectivity index (χ0v) is 18.2. The van der Waals surface area contributed by atoms with Crippen LogP contribution in [0, 0.1) is 6.92 Å². The molecule has 0 spiro atoms. The van der Waals surface area contributed by atoms with Gasteiger partial charge >= 0.3 is 5.69 Å². The van der Waals surface area contributed by atoms with Crippen molar-refractivity contribution >= 4 is 28.3 Å². The minimum absolute atomic E-state index is 0.0132. The third-order valence-electron chi connectivity index (χ3n) is 5.35. The Bertz CT molecular complexity index is 1190. The van der Waals surface area contributed by atoms with Gasteiger partial charge < -0.3 is 19.9 Å². The number of H-pyrrole nitrogens is 1. The Balaban J connectivity index is 2.04. The molecule has 1 aromatic carbocycles. The molecule has 166 valence electrons. The van der Waals surface area contributed by atoms with Crippen LogP contribution in [0.15, 0.2) is 39.9 Å². The molecule has 3 aromatic rings. The second-order valence-electron chi connectivity index (χ2n) is 7.47. The Hall–Kier alpha value is -3.33. The number of nitrogens with zero attached hydrogens (tertiary/aromatic N) is 3. The molecule has 0 unspecified atom stereocenters. The van der Waals surface area contributed by atoms with E-state index in [9.17, 15) is 14.4 Å². The largest absolute Gasteiger partial charge is 0.383 e. The van der Waals surface area contributed by atoms with E-state index in [2.05, 4.69) is 4.98 Å². The number of rotatable bonds is 9. The van der Waals surface area contributed by atoms with Crippen LogP contribution in [0.25, 0.3) is 10.9 Å². The molecule has 3 rings (SSSR count). The van der Waals surface area contributed by atoms with Gasteiger partial charge in [0.15, 0.2) is 5.69 Å². The van der Waals surface area contributed by atoms with E-state index in [1.807, 2.05) is 48.7 Å². The second-order valence-corrected chi connectivity index (χ2v) is 7.47. The van der Waals surface area contributed by atoms with Crippen molar-refractivity contribution in [3.8, 4) is 0 Å². The minimum atomic E-state index is -0.686. The van der Waals surface area contributed by atoms with Gasteiger partial charge in [-0.2, -0.15) is 0 Å². The van der Waals surface area contributed by atoms with Crippen LogP contribution < -0.4 is 21.9 Å². The zero-order valence-electron chi connectivity index (χ0n) is 18.2. The molecule has 0 aliphatic carbocycles. The van der Waals surface area contributed by atoms with Crippen LogP contribution >= 0.6 is 0 Å². The number of carbonyl (C=O) groups excluding carboxylic acids is 1. The molecule has 9 heteroatoms. The van der Waals surface area contributed by atoms with E-state index < -0.39 is 11.2 Å². The molecule has 3 N–H and O–H groups in total. The fourth-order valence-corrected chi connectivity index (χ4v) is 3.70. The second kappa shape index (κ2) is 9.65. The van der Waals surface area contributed by atoms with Crippen LogP contribution in [-0.2, 0) is 22.6 Å². The Morgan fingerprint density at radius 1 is 1.23 bits per heavy atom. The molecule has 0 fully saturated rings. The molecule has 0 saturated heterocycles. The number of nitrogens with two attached hydrogens (primary N) is 1. The predicted octanol–water partition coefficient (Wildman–Crippen LogP) is 1.86. The van der Waals surface area contributed by atoms with Crippen molar-refractivity contribution in [1.29, 1.82) is 0 Å². The van der Waals surface area contributed by atoms with Crippen molar-refractivity contribution in [2.75, 3.05) is 30.9 Å². The topological polar surface area (TPSA) is 115 Å². The number of fused-ring (bicyclic) bond motifs is 1. The van der Waals surface area contributed by atoms with Gasteiger partial charge in [-0.1, -0.05) is 31.5 Å². The summed E-state index contributed by atoms with van der Waals surface area (Å²) in [6.07, 6.45) is 1.57. The number of methoxy groups -OCH3 is 1. The lowest BCUT2D eigenvalue weighted by molar-refractivity contribution is -0.119. The van der Waals surface area contributed by atoms with Crippen molar-refractivity contribution in [3.63, 3.8) is 0 Å². The lowest BCUT2D eigenvalue weighted by Gasteiger charge is -2.25.